The molecule has 2 aromatic rings. The summed E-state index contributed by atoms with van der Waals surface area (Å²) >= 11 is 1.50. The molecule has 0 spiro atoms. The Balaban J connectivity index is 1.66. The molecule has 0 bridgehead atoms. The molecule has 0 aromatic heterocycles. The quantitative estimate of drug-likeness (QED) is 0.207. The number of fused-ring (bicyclic) bond motifs is 1. The Labute approximate surface area is 254 Å². The van der Waals surface area contributed by atoms with Crippen molar-refractivity contribution in [3.05, 3.63) is 60.7 Å². The summed E-state index contributed by atoms with van der Waals surface area (Å²) in [5.74, 6) is -0.959. The van der Waals surface area contributed by atoms with Gasteiger partial charge in [-0.3, -0.25) is 9.59 Å². The topological polar surface area (TPSA) is 89.5 Å². The molecule has 4 rings (SSSR count). The van der Waals surface area contributed by atoms with Gasteiger partial charge in [0.05, 0.1) is 13.7 Å². The van der Waals surface area contributed by atoms with Gasteiger partial charge in [-0.05, 0) is 41.4 Å². The number of thioether (sulfide) groups is 1. The van der Waals surface area contributed by atoms with Crippen molar-refractivity contribution in [1.82, 2.24) is 0 Å². The average Bonchev–Trinajstić information content (AvgIpc) is 3.28. The largest absolute Gasteiger partial charge is 0.469 e. The van der Waals surface area contributed by atoms with Gasteiger partial charge in [0, 0.05) is 13.3 Å². The normalized spacial score (nSPS) is 25.5. The van der Waals surface area contributed by atoms with Crippen molar-refractivity contribution in [2.75, 3.05) is 19.5 Å². The highest BCUT2D eigenvalue weighted by Gasteiger charge is 2.58. The summed E-state index contributed by atoms with van der Waals surface area (Å²) in [6, 6.07) is 20.9. The fourth-order valence-electron chi connectivity index (χ4n) is 5.91. The summed E-state index contributed by atoms with van der Waals surface area (Å²) in [4.78, 5) is 23.8. The molecule has 2 fully saturated rings. The number of methoxy groups -OCH3 is 1. The molecular weight excluding hydrogens is 572 g/mol. The van der Waals surface area contributed by atoms with Crippen molar-refractivity contribution in [1.29, 1.82) is 0 Å². The number of hydrogen-bond donors (Lipinski definition) is 0. The lowest BCUT2D eigenvalue weighted by atomic mass is 10.0. The molecule has 2 aromatic carbocycles. The van der Waals surface area contributed by atoms with Crippen LogP contribution in [0.25, 0.3) is 0 Å². The van der Waals surface area contributed by atoms with Crippen LogP contribution >= 0.6 is 11.8 Å². The molecule has 2 heterocycles. The summed E-state index contributed by atoms with van der Waals surface area (Å²) in [6.07, 6.45) is -1.31. The van der Waals surface area contributed by atoms with Gasteiger partial charge in [0.25, 0.3) is 8.32 Å². The third-order valence-electron chi connectivity index (χ3n) is 7.65. The molecule has 2 aliphatic heterocycles. The average molecular weight is 617 g/mol. The van der Waals surface area contributed by atoms with Crippen molar-refractivity contribution >= 4 is 42.4 Å². The molecule has 0 N–H and O–H groups in total. The fraction of sp³-hybridized carbons (Fsp3) is 0.562. The van der Waals surface area contributed by atoms with E-state index in [1.807, 2.05) is 26.0 Å². The summed E-state index contributed by atoms with van der Waals surface area (Å²) in [5, 5.41) is 2.14. The molecule has 2 aliphatic rings. The van der Waals surface area contributed by atoms with E-state index in [0.29, 0.717) is 18.6 Å². The van der Waals surface area contributed by atoms with Crippen molar-refractivity contribution in [3.63, 3.8) is 0 Å². The van der Waals surface area contributed by atoms with Crippen LogP contribution in [-0.2, 0) is 37.7 Å². The first-order valence-corrected chi connectivity index (χ1v) is 17.5. The van der Waals surface area contributed by atoms with E-state index in [-0.39, 0.29) is 17.6 Å². The van der Waals surface area contributed by atoms with Gasteiger partial charge in [0.2, 0.25) is 0 Å². The number of rotatable bonds is 11. The van der Waals surface area contributed by atoms with Crippen molar-refractivity contribution < 1.29 is 37.7 Å². The van der Waals surface area contributed by atoms with Crippen molar-refractivity contribution in [3.8, 4) is 0 Å². The van der Waals surface area contributed by atoms with Gasteiger partial charge in [-0.2, -0.15) is 0 Å². The second-order valence-electron chi connectivity index (χ2n) is 12.2. The van der Waals surface area contributed by atoms with Gasteiger partial charge in [-0.1, -0.05) is 81.4 Å². The lowest BCUT2D eigenvalue weighted by Gasteiger charge is -2.46. The minimum Gasteiger partial charge on any atom is -0.469 e. The third kappa shape index (κ3) is 7.28. The van der Waals surface area contributed by atoms with Gasteiger partial charge < -0.3 is 28.1 Å². The van der Waals surface area contributed by atoms with Gasteiger partial charge >= 0.3 is 11.9 Å². The predicted octanol–water partition coefficient (Wildman–Crippen LogP) is 4.43. The molecule has 0 radical (unpaired) electrons. The van der Waals surface area contributed by atoms with Crippen LogP contribution in [0, 0.1) is 0 Å². The second kappa shape index (κ2) is 13.6. The highest BCUT2D eigenvalue weighted by molar-refractivity contribution is 7.99. The number of benzene rings is 2. The van der Waals surface area contributed by atoms with Crippen molar-refractivity contribution in [2.45, 2.75) is 95.1 Å². The monoisotopic (exact) mass is 616 g/mol. The van der Waals surface area contributed by atoms with E-state index in [2.05, 4.69) is 69.3 Å². The minimum atomic E-state index is -2.85. The van der Waals surface area contributed by atoms with E-state index in [4.69, 9.17) is 28.1 Å². The summed E-state index contributed by atoms with van der Waals surface area (Å²) in [5.41, 5.74) is -0.530. The van der Waals surface area contributed by atoms with Crippen LogP contribution in [-0.4, -0.2) is 75.4 Å². The second-order valence-corrected chi connectivity index (χ2v) is 17.7. The van der Waals surface area contributed by atoms with Crippen LogP contribution < -0.4 is 10.4 Å². The van der Waals surface area contributed by atoms with Crippen LogP contribution in [0.4, 0.5) is 0 Å². The predicted molar refractivity (Wildman–Crippen MR) is 165 cm³/mol. The van der Waals surface area contributed by atoms with Gasteiger partial charge in [0.1, 0.15) is 23.7 Å². The Hall–Kier alpha value is -2.21. The molecule has 0 amide bonds. The Morgan fingerprint density at radius 3 is 2.05 bits per heavy atom. The first kappa shape index (κ1) is 32.7. The molecule has 2 saturated heterocycles. The summed E-state index contributed by atoms with van der Waals surface area (Å²) < 4.78 is 37.2. The maximum Gasteiger partial charge on any atom is 0.305 e. The molecule has 5 atom stereocenters. The maximum absolute atomic E-state index is 12.2. The van der Waals surface area contributed by atoms with Crippen LogP contribution in [0.2, 0.25) is 5.04 Å². The molecule has 0 saturated carbocycles. The zero-order valence-electron chi connectivity index (χ0n) is 25.7. The van der Waals surface area contributed by atoms with E-state index < -0.39 is 49.9 Å². The molecular formula is C32H44O8SSi. The molecule has 0 aliphatic carbocycles. The van der Waals surface area contributed by atoms with Crippen LogP contribution in [0.5, 0.6) is 0 Å². The smallest absolute Gasteiger partial charge is 0.305 e. The van der Waals surface area contributed by atoms with Crippen LogP contribution in [0.3, 0.4) is 0 Å². The Kier molecular flexibility index (Phi) is 10.6. The molecule has 5 unspecified atom stereocenters. The highest BCUT2D eigenvalue weighted by Crippen LogP contribution is 2.43. The zero-order chi connectivity index (χ0) is 30.5. The first-order chi connectivity index (χ1) is 19.9. The van der Waals surface area contributed by atoms with Crippen molar-refractivity contribution in [2.24, 2.45) is 0 Å². The number of esters is 2. The van der Waals surface area contributed by atoms with Crippen LogP contribution in [0.1, 0.15) is 54.4 Å². The number of ether oxygens (including phenoxy) is 5. The van der Waals surface area contributed by atoms with Crippen LogP contribution in [0.15, 0.2) is 60.7 Å². The zero-order valence-corrected chi connectivity index (χ0v) is 27.5. The van der Waals surface area contributed by atoms with E-state index in [0.717, 1.165) is 0 Å². The SMILES string of the molecule is COC(=O)CCCSC1OC(CO[Si](c2ccccc2)(c2ccccc2)C(C)(C)C)C2OC(C)(C)OC2C1OC(C)=O. The fourth-order valence-corrected chi connectivity index (χ4v) is 11.6. The Morgan fingerprint density at radius 1 is 0.952 bits per heavy atom. The third-order valence-corrected chi connectivity index (χ3v) is 13.9. The molecule has 10 heteroatoms. The minimum absolute atomic E-state index is 0.210. The van der Waals surface area contributed by atoms with E-state index >= 15 is 0 Å². The van der Waals surface area contributed by atoms with E-state index in [9.17, 15) is 9.59 Å². The Bertz CT molecular complexity index is 1150. The number of carbonyl (C=O) groups is 2. The standard InChI is InChI=1S/C32H44O8SSi/c1-22(33)37-29-28-27(39-32(5,6)40-28)25(38-30(29)41-20-14-19-26(34)35-7)21-36-42(31(2,3)4,23-15-10-8-11-16-23)24-17-12-9-13-18-24/h8-13,15-18,25,27-30H,14,19-21H2,1-7H3. The molecule has 42 heavy (non-hydrogen) atoms. The summed E-state index contributed by atoms with van der Waals surface area (Å²) in [7, 11) is -1.46. The van der Waals surface area contributed by atoms with Gasteiger partial charge in [-0.15, -0.1) is 11.8 Å². The lowest BCUT2D eigenvalue weighted by molar-refractivity contribution is -0.191. The first-order valence-electron chi connectivity index (χ1n) is 14.5. The number of carbonyl (C=O) groups excluding carboxylic acids is 2. The molecule has 8 nitrogen and oxygen atoms in total. The van der Waals surface area contributed by atoms with Gasteiger partial charge in [0.15, 0.2) is 11.9 Å². The summed E-state index contributed by atoms with van der Waals surface area (Å²) in [6.45, 7) is 12.1. The van der Waals surface area contributed by atoms with E-state index in [1.54, 1.807) is 0 Å². The van der Waals surface area contributed by atoms with Gasteiger partial charge in [-0.25, -0.2) is 0 Å². The van der Waals surface area contributed by atoms with E-state index in [1.165, 1.54) is 36.2 Å². The maximum atomic E-state index is 12.2. The lowest BCUT2D eigenvalue weighted by Crippen LogP contribution is -2.68. The highest BCUT2D eigenvalue weighted by atomic mass is 32.2. The molecule has 230 valence electrons. The number of hydrogen-bond acceptors (Lipinski definition) is 9. The Morgan fingerprint density at radius 2 is 1.52 bits per heavy atom.